The van der Waals surface area contributed by atoms with Crippen molar-refractivity contribution in [2.24, 2.45) is 5.92 Å². The van der Waals surface area contributed by atoms with Crippen LogP contribution in [0, 0.1) is 24.2 Å². The minimum absolute atomic E-state index is 0.727. The monoisotopic (exact) mass is 216 g/mol. The lowest BCUT2D eigenvalue weighted by molar-refractivity contribution is 0.567. The number of hydrogen-bond acceptors (Lipinski definition) is 2. The van der Waals surface area contributed by atoms with Crippen molar-refractivity contribution in [3.63, 3.8) is 0 Å². The lowest BCUT2D eigenvalue weighted by atomic mass is 10.1. The van der Waals surface area contributed by atoms with Crippen molar-refractivity contribution < 1.29 is 0 Å². The Morgan fingerprint density at radius 3 is 2.69 bits per heavy atom. The normalized spacial score (nSPS) is 10.2. The summed E-state index contributed by atoms with van der Waals surface area (Å²) in [4.78, 5) is 0. The summed E-state index contributed by atoms with van der Waals surface area (Å²) in [7, 11) is 0. The summed E-state index contributed by atoms with van der Waals surface area (Å²) in [6.45, 7) is 7.52. The van der Waals surface area contributed by atoms with Gasteiger partial charge in [0.15, 0.2) is 0 Å². The van der Waals surface area contributed by atoms with Crippen molar-refractivity contribution >= 4 is 5.69 Å². The van der Waals surface area contributed by atoms with Crippen LogP contribution in [0.1, 0.15) is 37.8 Å². The zero-order chi connectivity index (χ0) is 12.0. The first-order chi connectivity index (χ1) is 7.63. The molecular formula is C14H20N2. The van der Waals surface area contributed by atoms with Crippen molar-refractivity contribution in [1.29, 1.82) is 5.26 Å². The SMILES string of the molecule is Cc1cc(C#N)ccc1NCCCC(C)C. The molecule has 0 unspecified atom stereocenters. The third-order valence-electron chi connectivity index (χ3n) is 2.63. The third kappa shape index (κ3) is 3.94. The summed E-state index contributed by atoms with van der Waals surface area (Å²) in [6, 6.07) is 7.92. The molecule has 86 valence electrons. The standard InChI is InChI=1S/C14H20N2/c1-11(2)5-4-8-16-14-7-6-13(10-15)9-12(14)3/h6-7,9,11,16H,4-5,8H2,1-3H3. The van der Waals surface area contributed by atoms with E-state index in [9.17, 15) is 0 Å². The van der Waals surface area contributed by atoms with E-state index in [-0.39, 0.29) is 0 Å². The molecule has 1 N–H and O–H groups in total. The van der Waals surface area contributed by atoms with Crippen LogP contribution in [-0.2, 0) is 0 Å². The number of anilines is 1. The van der Waals surface area contributed by atoms with Gasteiger partial charge in [-0.2, -0.15) is 5.26 Å². The van der Waals surface area contributed by atoms with Gasteiger partial charge in [-0.1, -0.05) is 13.8 Å². The fourth-order valence-corrected chi connectivity index (χ4v) is 1.66. The smallest absolute Gasteiger partial charge is 0.0991 e. The predicted octanol–water partition coefficient (Wildman–Crippen LogP) is 3.71. The molecule has 2 nitrogen and oxygen atoms in total. The van der Waals surface area contributed by atoms with Crippen LogP contribution in [0.3, 0.4) is 0 Å². The van der Waals surface area contributed by atoms with Gasteiger partial charge < -0.3 is 5.32 Å². The molecule has 0 saturated carbocycles. The highest BCUT2D eigenvalue weighted by molar-refractivity contribution is 5.53. The first kappa shape index (κ1) is 12.6. The number of nitrogens with zero attached hydrogens (tertiary/aromatic N) is 1. The van der Waals surface area contributed by atoms with Gasteiger partial charge in [-0.3, -0.25) is 0 Å². The van der Waals surface area contributed by atoms with Crippen LogP contribution in [0.4, 0.5) is 5.69 Å². The number of nitrogens with one attached hydrogen (secondary N) is 1. The van der Waals surface area contributed by atoms with E-state index >= 15 is 0 Å². The zero-order valence-corrected chi connectivity index (χ0v) is 10.4. The highest BCUT2D eigenvalue weighted by atomic mass is 14.9. The Hall–Kier alpha value is -1.49. The van der Waals surface area contributed by atoms with E-state index in [0.717, 1.165) is 29.3 Å². The Morgan fingerprint density at radius 2 is 2.12 bits per heavy atom. The second kappa shape index (κ2) is 6.17. The average Bonchev–Trinajstić information content (AvgIpc) is 2.25. The fraction of sp³-hybridized carbons (Fsp3) is 0.500. The zero-order valence-electron chi connectivity index (χ0n) is 10.4. The van der Waals surface area contributed by atoms with Crippen molar-refractivity contribution in [3.8, 4) is 6.07 Å². The molecule has 0 aliphatic carbocycles. The highest BCUT2D eigenvalue weighted by Crippen LogP contribution is 2.16. The minimum atomic E-state index is 0.727. The number of rotatable bonds is 5. The Kier molecular flexibility index (Phi) is 4.85. The fourth-order valence-electron chi connectivity index (χ4n) is 1.66. The van der Waals surface area contributed by atoms with E-state index in [1.807, 2.05) is 25.1 Å². The van der Waals surface area contributed by atoms with Gasteiger partial charge in [-0.05, 0) is 49.4 Å². The maximum atomic E-state index is 8.76. The predicted molar refractivity (Wildman–Crippen MR) is 68.5 cm³/mol. The third-order valence-corrected chi connectivity index (χ3v) is 2.63. The van der Waals surface area contributed by atoms with Crippen LogP contribution >= 0.6 is 0 Å². The van der Waals surface area contributed by atoms with Crippen LogP contribution in [-0.4, -0.2) is 6.54 Å². The largest absolute Gasteiger partial charge is 0.385 e. The second-order valence-electron chi connectivity index (χ2n) is 4.60. The van der Waals surface area contributed by atoms with Crippen LogP contribution in [0.2, 0.25) is 0 Å². The first-order valence-corrected chi connectivity index (χ1v) is 5.88. The molecule has 0 amide bonds. The molecule has 0 aliphatic rings. The van der Waals surface area contributed by atoms with Gasteiger partial charge in [0.05, 0.1) is 11.6 Å². The molecule has 0 atom stereocenters. The molecule has 1 aromatic carbocycles. The molecule has 16 heavy (non-hydrogen) atoms. The van der Waals surface area contributed by atoms with Gasteiger partial charge in [0.1, 0.15) is 0 Å². The number of nitriles is 1. The Morgan fingerprint density at radius 1 is 1.38 bits per heavy atom. The van der Waals surface area contributed by atoms with Gasteiger partial charge >= 0.3 is 0 Å². The molecule has 2 heteroatoms. The molecular weight excluding hydrogens is 196 g/mol. The summed E-state index contributed by atoms with van der Waals surface area (Å²) in [5.74, 6) is 0.767. The molecule has 0 bridgehead atoms. The van der Waals surface area contributed by atoms with Gasteiger partial charge in [0, 0.05) is 12.2 Å². The van der Waals surface area contributed by atoms with E-state index < -0.39 is 0 Å². The number of benzene rings is 1. The molecule has 0 saturated heterocycles. The summed E-state index contributed by atoms with van der Waals surface area (Å²) in [5.41, 5.74) is 3.01. The average molecular weight is 216 g/mol. The number of aryl methyl sites for hydroxylation is 1. The van der Waals surface area contributed by atoms with Gasteiger partial charge in [0.2, 0.25) is 0 Å². The van der Waals surface area contributed by atoms with Gasteiger partial charge in [0.25, 0.3) is 0 Å². The molecule has 0 radical (unpaired) electrons. The topological polar surface area (TPSA) is 35.8 Å². The van der Waals surface area contributed by atoms with Crippen molar-refractivity contribution in [3.05, 3.63) is 29.3 Å². The van der Waals surface area contributed by atoms with E-state index in [1.54, 1.807) is 0 Å². The highest BCUT2D eigenvalue weighted by Gasteiger charge is 1.99. The summed E-state index contributed by atoms with van der Waals surface area (Å²) in [6.07, 6.45) is 2.44. The van der Waals surface area contributed by atoms with Crippen LogP contribution in [0.5, 0.6) is 0 Å². The van der Waals surface area contributed by atoms with Crippen LogP contribution < -0.4 is 5.32 Å². The van der Waals surface area contributed by atoms with Crippen molar-refractivity contribution in [1.82, 2.24) is 0 Å². The molecule has 1 aromatic rings. The maximum Gasteiger partial charge on any atom is 0.0991 e. The van der Waals surface area contributed by atoms with Crippen LogP contribution in [0.15, 0.2) is 18.2 Å². The van der Waals surface area contributed by atoms with Crippen molar-refractivity contribution in [2.45, 2.75) is 33.6 Å². The van der Waals surface area contributed by atoms with E-state index in [0.29, 0.717) is 0 Å². The second-order valence-corrected chi connectivity index (χ2v) is 4.60. The maximum absolute atomic E-state index is 8.76. The quantitative estimate of drug-likeness (QED) is 0.761. The van der Waals surface area contributed by atoms with Gasteiger partial charge in [-0.25, -0.2) is 0 Å². The molecule has 0 aromatic heterocycles. The lowest BCUT2D eigenvalue weighted by Crippen LogP contribution is -2.04. The van der Waals surface area contributed by atoms with Gasteiger partial charge in [-0.15, -0.1) is 0 Å². The van der Waals surface area contributed by atoms with E-state index in [4.69, 9.17) is 5.26 Å². The van der Waals surface area contributed by atoms with Crippen LogP contribution in [0.25, 0.3) is 0 Å². The summed E-state index contributed by atoms with van der Waals surface area (Å²) < 4.78 is 0. The Bertz CT molecular complexity index is 375. The Labute approximate surface area is 98.3 Å². The Balaban J connectivity index is 2.46. The van der Waals surface area contributed by atoms with E-state index in [2.05, 4.69) is 25.2 Å². The minimum Gasteiger partial charge on any atom is -0.385 e. The van der Waals surface area contributed by atoms with E-state index in [1.165, 1.54) is 12.8 Å². The first-order valence-electron chi connectivity index (χ1n) is 5.88. The van der Waals surface area contributed by atoms with Crippen molar-refractivity contribution in [2.75, 3.05) is 11.9 Å². The molecule has 0 spiro atoms. The summed E-state index contributed by atoms with van der Waals surface area (Å²) >= 11 is 0. The number of hydrogen-bond donors (Lipinski definition) is 1. The summed E-state index contributed by atoms with van der Waals surface area (Å²) in [5, 5.41) is 12.2. The molecule has 0 aliphatic heterocycles. The molecule has 0 fully saturated rings. The molecule has 1 rings (SSSR count). The lowest BCUT2D eigenvalue weighted by Gasteiger charge is -2.10. The molecule has 0 heterocycles.